The average molecular weight is 265 g/mol. The minimum absolute atomic E-state index is 0.651. The van der Waals surface area contributed by atoms with Crippen molar-refractivity contribution < 1.29 is 4.74 Å². The Morgan fingerprint density at radius 2 is 2.11 bits per heavy atom. The fourth-order valence-corrected chi connectivity index (χ4v) is 3.12. The zero-order valence-electron chi connectivity index (χ0n) is 12.3. The van der Waals surface area contributed by atoms with Gasteiger partial charge in [-0.15, -0.1) is 0 Å². The Morgan fingerprint density at radius 1 is 1.37 bits per heavy atom. The first-order chi connectivity index (χ1) is 9.24. The highest BCUT2D eigenvalue weighted by atomic mass is 16.5. The highest BCUT2D eigenvalue weighted by Crippen LogP contribution is 2.29. The zero-order valence-corrected chi connectivity index (χ0v) is 12.3. The number of hydrogen-bond donors (Lipinski definition) is 1. The first-order valence-corrected chi connectivity index (χ1v) is 7.55. The van der Waals surface area contributed by atoms with Crippen molar-refractivity contribution in [2.45, 2.75) is 52.7 Å². The molecule has 0 aromatic carbocycles. The van der Waals surface area contributed by atoms with Gasteiger partial charge in [0.05, 0.1) is 24.6 Å². The standard InChI is InChI=1S/C15H27N3O/c1-3-18-15(8-12(2)17-18)11-19-10-14-7-5-4-6-13(14)9-16/h8,13-14H,3-7,9-11,16H2,1-2H3. The topological polar surface area (TPSA) is 53.1 Å². The molecule has 1 aromatic rings. The molecule has 19 heavy (non-hydrogen) atoms. The molecule has 2 rings (SSSR count). The van der Waals surface area contributed by atoms with E-state index in [4.69, 9.17) is 10.5 Å². The molecule has 1 aromatic heterocycles. The van der Waals surface area contributed by atoms with Crippen LogP contribution < -0.4 is 5.73 Å². The minimum Gasteiger partial charge on any atom is -0.375 e. The lowest BCUT2D eigenvalue weighted by molar-refractivity contribution is 0.0480. The van der Waals surface area contributed by atoms with Gasteiger partial charge in [0.2, 0.25) is 0 Å². The third-order valence-electron chi connectivity index (χ3n) is 4.24. The summed E-state index contributed by atoms with van der Waals surface area (Å²) in [5.74, 6) is 1.31. The molecule has 0 bridgehead atoms. The number of aromatic nitrogens is 2. The first-order valence-electron chi connectivity index (χ1n) is 7.55. The fourth-order valence-electron chi connectivity index (χ4n) is 3.12. The van der Waals surface area contributed by atoms with E-state index in [1.54, 1.807) is 0 Å². The summed E-state index contributed by atoms with van der Waals surface area (Å²) in [4.78, 5) is 0. The van der Waals surface area contributed by atoms with Gasteiger partial charge in [-0.3, -0.25) is 4.68 Å². The molecule has 1 aliphatic carbocycles. The van der Waals surface area contributed by atoms with Crippen molar-refractivity contribution in [3.8, 4) is 0 Å². The monoisotopic (exact) mass is 265 g/mol. The molecule has 4 heteroatoms. The number of ether oxygens (including phenoxy) is 1. The number of nitrogens with zero attached hydrogens (tertiary/aromatic N) is 2. The Labute approximate surface area is 116 Å². The molecule has 0 amide bonds. The van der Waals surface area contributed by atoms with Crippen LogP contribution in [0.4, 0.5) is 0 Å². The third kappa shape index (κ3) is 3.80. The Morgan fingerprint density at radius 3 is 2.79 bits per heavy atom. The van der Waals surface area contributed by atoms with Crippen LogP contribution in [0.15, 0.2) is 6.07 Å². The third-order valence-corrected chi connectivity index (χ3v) is 4.24. The van der Waals surface area contributed by atoms with Gasteiger partial charge in [0.1, 0.15) is 0 Å². The highest BCUT2D eigenvalue weighted by Gasteiger charge is 2.24. The Hall–Kier alpha value is -0.870. The molecule has 1 heterocycles. The molecule has 1 fully saturated rings. The maximum atomic E-state index is 5.93. The van der Waals surface area contributed by atoms with E-state index in [-0.39, 0.29) is 0 Å². The Kier molecular flexibility index (Phi) is 5.40. The second-order valence-corrected chi connectivity index (χ2v) is 5.65. The molecule has 4 nitrogen and oxygen atoms in total. The molecule has 1 aliphatic rings. The number of nitrogens with two attached hydrogens (primary N) is 1. The smallest absolute Gasteiger partial charge is 0.0884 e. The van der Waals surface area contributed by atoms with Gasteiger partial charge in [0.15, 0.2) is 0 Å². The van der Waals surface area contributed by atoms with Crippen LogP contribution in [0.1, 0.15) is 44.0 Å². The van der Waals surface area contributed by atoms with Crippen LogP contribution in [0.5, 0.6) is 0 Å². The van der Waals surface area contributed by atoms with E-state index in [1.807, 2.05) is 11.6 Å². The fraction of sp³-hybridized carbons (Fsp3) is 0.800. The molecule has 2 N–H and O–H groups in total. The Balaban J connectivity index is 1.82. The van der Waals surface area contributed by atoms with Gasteiger partial charge in [-0.05, 0) is 51.1 Å². The number of aryl methyl sites for hydroxylation is 2. The second-order valence-electron chi connectivity index (χ2n) is 5.65. The predicted octanol–water partition coefficient (Wildman–Crippen LogP) is 2.49. The molecule has 0 spiro atoms. The van der Waals surface area contributed by atoms with E-state index in [0.717, 1.165) is 25.4 Å². The summed E-state index contributed by atoms with van der Waals surface area (Å²) >= 11 is 0. The van der Waals surface area contributed by atoms with E-state index in [1.165, 1.54) is 31.4 Å². The molecule has 108 valence electrons. The summed E-state index contributed by atoms with van der Waals surface area (Å²) in [6.45, 7) is 7.36. The van der Waals surface area contributed by atoms with Crippen LogP contribution in [0.2, 0.25) is 0 Å². The van der Waals surface area contributed by atoms with E-state index < -0.39 is 0 Å². The maximum Gasteiger partial charge on any atom is 0.0884 e. The van der Waals surface area contributed by atoms with Gasteiger partial charge in [0.25, 0.3) is 0 Å². The van der Waals surface area contributed by atoms with E-state index in [9.17, 15) is 0 Å². The predicted molar refractivity (Wildman–Crippen MR) is 76.8 cm³/mol. The Bertz CT molecular complexity index is 389. The average Bonchev–Trinajstić information content (AvgIpc) is 2.79. The van der Waals surface area contributed by atoms with Crippen LogP contribution in [-0.4, -0.2) is 22.9 Å². The van der Waals surface area contributed by atoms with Crippen LogP contribution in [0, 0.1) is 18.8 Å². The van der Waals surface area contributed by atoms with Crippen molar-refractivity contribution in [3.05, 3.63) is 17.5 Å². The molecule has 0 aliphatic heterocycles. The van der Waals surface area contributed by atoms with Gasteiger partial charge in [0, 0.05) is 6.54 Å². The van der Waals surface area contributed by atoms with Crippen LogP contribution in [-0.2, 0) is 17.9 Å². The van der Waals surface area contributed by atoms with Crippen molar-refractivity contribution in [2.24, 2.45) is 17.6 Å². The molecular weight excluding hydrogens is 238 g/mol. The van der Waals surface area contributed by atoms with Crippen molar-refractivity contribution in [1.29, 1.82) is 0 Å². The first kappa shape index (κ1) is 14.5. The van der Waals surface area contributed by atoms with Gasteiger partial charge < -0.3 is 10.5 Å². The summed E-state index contributed by atoms with van der Waals surface area (Å²) in [6, 6.07) is 2.12. The van der Waals surface area contributed by atoms with E-state index in [0.29, 0.717) is 18.4 Å². The molecule has 2 unspecified atom stereocenters. The minimum atomic E-state index is 0.651. The second kappa shape index (κ2) is 7.06. The van der Waals surface area contributed by atoms with E-state index >= 15 is 0 Å². The maximum absolute atomic E-state index is 5.93. The summed E-state index contributed by atoms with van der Waals surface area (Å²) < 4.78 is 7.96. The van der Waals surface area contributed by atoms with Gasteiger partial charge >= 0.3 is 0 Å². The van der Waals surface area contributed by atoms with Crippen LogP contribution >= 0.6 is 0 Å². The normalized spacial score (nSPS) is 23.7. The summed E-state index contributed by atoms with van der Waals surface area (Å²) in [5, 5.41) is 4.44. The van der Waals surface area contributed by atoms with Gasteiger partial charge in [-0.2, -0.15) is 5.10 Å². The van der Waals surface area contributed by atoms with Crippen molar-refractivity contribution in [2.75, 3.05) is 13.2 Å². The molecule has 1 saturated carbocycles. The van der Waals surface area contributed by atoms with E-state index in [2.05, 4.69) is 18.1 Å². The van der Waals surface area contributed by atoms with Crippen LogP contribution in [0.25, 0.3) is 0 Å². The van der Waals surface area contributed by atoms with Gasteiger partial charge in [-0.1, -0.05) is 12.8 Å². The molecule has 2 atom stereocenters. The van der Waals surface area contributed by atoms with Crippen molar-refractivity contribution in [3.63, 3.8) is 0 Å². The largest absolute Gasteiger partial charge is 0.375 e. The molecular formula is C15H27N3O. The quantitative estimate of drug-likeness (QED) is 0.859. The number of rotatable bonds is 6. The van der Waals surface area contributed by atoms with Gasteiger partial charge in [-0.25, -0.2) is 0 Å². The lowest BCUT2D eigenvalue weighted by atomic mass is 9.80. The summed E-state index contributed by atoms with van der Waals surface area (Å²) in [7, 11) is 0. The molecule has 0 radical (unpaired) electrons. The molecule has 0 saturated heterocycles. The van der Waals surface area contributed by atoms with Crippen molar-refractivity contribution >= 4 is 0 Å². The summed E-state index contributed by atoms with van der Waals surface area (Å²) in [5.41, 5.74) is 8.10. The lowest BCUT2D eigenvalue weighted by Gasteiger charge is -2.30. The number of hydrogen-bond acceptors (Lipinski definition) is 3. The highest BCUT2D eigenvalue weighted by molar-refractivity contribution is 5.07. The van der Waals surface area contributed by atoms with Crippen LogP contribution in [0.3, 0.4) is 0 Å². The zero-order chi connectivity index (χ0) is 13.7. The summed E-state index contributed by atoms with van der Waals surface area (Å²) in [6.07, 6.45) is 5.21. The lowest BCUT2D eigenvalue weighted by Crippen LogP contribution is -2.29. The SMILES string of the molecule is CCn1nc(C)cc1COCC1CCCCC1CN. The van der Waals surface area contributed by atoms with Crippen molar-refractivity contribution in [1.82, 2.24) is 9.78 Å².